The summed E-state index contributed by atoms with van der Waals surface area (Å²) in [4.78, 5) is 22.4. The Kier molecular flexibility index (Phi) is 3.47. The zero-order valence-corrected chi connectivity index (χ0v) is 10.4. The first-order chi connectivity index (χ1) is 8.63. The van der Waals surface area contributed by atoms with Crippen molar-refractivity contribution in [2.75, 3.05) is 13.7 Å². The van der Waals surface area contributed by atoms with Crippen LogP contribution in [0.1, 0.15) is 9.67 Å². The van der Waals surface area contributed by atoms with Crippen LogP contribution in [0.15, 0.2) is 24.3 Å². The average molecular weight is 265 g/mol. The van der Waals surface area contributed by atoms with Crippen LogP contribution in [0, 0.1) is 0 Å². The van der Waals surface area contributed by atoms with Gasteiger partial charge in [-0.1, -0.05) is 12.1 Å². The number of rotatable bonds is 4. The van der Waals surface area contributed by atoms with E-state index < -0.39 is 5.97 Å². The van der Waals surface area contributed by atoms with Gasteiger partial charge < -0.3 is 15.2 Å². The second-order valence-corrected chi connectivity index (χ2v) is 4.58. The van der Waals surface area contributed by atoms with E-state index >= 15 is 0 Å². The third-order valence-corrected chi connectivity index (χ3v) is 3.51. The number of carbonyl (C=O) groups excluding carboxylic acids is 1. The molecule has 1 aromatic carbocycles. The minimum absolute atomic E-state index is 0.111. The number of fused-ring (bicyclic) bond motifs is 1. The Morgan fingerprint density at radius 3 is 2.78 bits per heavy atom. The number of carboxylic acid groups (broad SMARTS) is 1. The monoisotopic (exact) mass is 265 g/mol. The van der Waals surface area contributed by atoms with Crippen molar-refractivity contribution in [2.45, 2.75) is 0 Å². The fraction of sp³-hybridized carbons (Fsp3) is 0.167. The molecule has 18 heavy (non-hydrogen) atoms. The molecule has 6 heteroatoms. The Bertz CT molecular complexity index is 605. The lowest BCUT2D eigenvalue weighted by Crippen LogP contribution is -2.25. The second kappa shape index (κ2) is 5.05. The lowest BCUT2D eigenvalue weighted by Gasteiger charge is -2.05. The highest BCUT2D eigenvalue weighted by molar-refractivity contribution is 7.21. The molecule has 0 saturated carbocycles. The molecule has 0 aliphatic carbocycles. The molecular formula is C12H11NO4S. The van der Waals surface area contributed by atoms with Crippen molar-refractivity contribution in [2.24, 2.45) is 0 Å². The Balaban J connectivity index is 2.42. The van der Waals surface area contributed by atoms with Gasteiger partial charge in [0, 0.05) is 17.1 Å². The molecule has 1 heterocycles. The Morgan fingerprint density at radius 1 is 1.39 bits per heavy atom. The maximum Gasteiger partial charge on any atom is 0.349 e. The summed E-state index contributed by atoms with van der Waals surface area (Å²) in [5.74, 6) is -1.10. The number of nitrogens with one attached hydrogen (secondary N) is 1. The van der Waals surface area contributed by atoms with E-state index in [4.69, 9.17) is 9.84 Å². The van der Waals surface area contributed by atoms with E-state index in [1.807, 2.05) is 12.1 Å². The van der Waals surface area contributed by atoms with Crippen LogP contribution in [0.3, 0.4) is 0 Å². The van der Waals surface area contributed by atoms with Crippen molar-refractivity contribution >= 4 is 33.3 Å². The van der Waals surface area contributed by atoms with E-state index in [1.54, 1.807) is 12.1 Å². The van der Waals surface area contributed by atoms with Crippen molar-refractivity contribution in [3.05, 3.63) is 29.1 Å². The topological polar surface area (TPSA) is 75.6 Å². The number of carboxylic acids is 1. The summed E-state index contributed by atoms with van der Waals surface area (Å²) in [7, 11) is 1.50. The highest BCUT2D eigenvalue weighted by atomic mass is 32.1. The van der Waals surface area contributed by atoms with Gasteiger partial charge in [0.15, 0.2) is 17.2 Å². The van der Waals surface area contributed by atoms with Crippen LogP contribution in [0.5, 0.6) is 5.75 Å². The lowest BCUT2D eigenvalue weighted by molar-refractivity contribution is -0.122. The molecule has 5 nitrogen and oxygen atoms in total. The van der Waals surface area contributed by atoms with Crippen LogP contribution in [-0.2, 0) is 4.79 Å². The number of aromatic carboxylic acids is 1. The fourth-order valence-corrected chi connectivity index (χ4v) is 2.50. The molecule has 0 radical (unpaired) electrons. The highest BCUT2D eigenvalue weighted by Crippen LogP contribution is 2.37. The molecule has 2 N–H and O–H groups in total. The van der Waals surface area contributed by atoms with Crippen LogP contribution < -0.4 is 10.1 Å². The second-order valence-electron chi connectivity index (χ2n) is 3.52. The zero-order chi connectivity index (χ0) is 13.1. The maximum atomic E-state index is 11.1. The van der Waals surface area contributed by atoms with Crippen molar-refractivity contribution < 1.29 is 19.4 Å². The predicted octanol–water partition coefficient (Wildman–Crippen LogP) is 1.72. The molecule has 0 aliphatic rings. The SMILES string of the molecule is CNC(=O)COc1c(C(=O)O)sc2ccccc12. The first-order valence-corrected chi connectivity index (χ1v) is 6.03. The molecule has 1 aromatic heterocycles. The van der Waals surface area contributed by atoms with Crippen molar-refractivity contribution in [1.82, 2.24) is 5.32 Å². The van der Waals surface area contributed by atoms with Gasteiger partial charge in [-0.3, -0.25) is 4.79 Å². The summed E-state index contributed by atoms with van der Waals surface area (Å²) in [6, 6.07) is 7.22. The van der Waals surface area contributed by atoms with Crippen LogP contribution in [0.2, 0.25) is 0 Å². The number of thiophene rings is 1. The highest BCUT2D eigenvalue weighted by Gasteiger charge is 2.19. The number of likely N-dealkylation sites (N-methyl/N-ethyl adjacent to an activating group) is 1. The minimum Gasteiger partial charge on any atom is -0.481 e. The number of amides is 1. The first kappa shape index (κ1) is 12.4. The normalized spacial score (nSPS) is 10.3. The van der Waals surface area contributed by atoms with E-state index in [1.165, 1.54) is 7.05 Å². The Labute approximate surface area is 107 Å². The molecular weight excluding hydrogens is 254 g/mol. The largest absolute Gasteiger partial charge is 0.481 e. The Hall–Kier alpha value is -2.08. The minimum atomic E-state index is -1.05. The molecule has 0 spiro atoms. The van der Waals surface area contributed by atoms with Gasteiger partial charge in [-0.2, -0.15) is 0 Å². The molecule has 2 rings (SSSR count). The quantitative estimate of drug-likeness (QED) is 0.882. The van der Waals surface area contributed by atoms with Crippen molar-refractivity contribution in [1.29, 1.82) is 0 Å². The third kappa shape index (κ3) is 2.28. The first-order valence-electron chi connectivity index (χ1n) is 5.21. The molecule has 0 unspecified atom stereocenters. The van der Waals surface area contributed by atoms with Gasteiger partial charge in [-0.05, 0) is 12.1 Å². The van der Waals surface area contributed by atoms with E-state index in [0.29, 0.717) is 5.39 Å². The average Bonchev–Trinajstić information content (AvgIpc) is 2.75. The molecule has 0 atom stereocenters. The number of hydrogen-bond donors (Lipinski definition) is 2. The van der Waals surface area contributed by atoms with Crippen LogP contribution in [-0.4, -0.2) is 30.6 Å². The van der Waals surface area contributed by atoms with Gasteiger partial charge in [0.05, 0.1) is 0 Å². The van der Waals surface area contributed by atoms with E-state index in [2.05, 4.69) is 5.32 Å². The van der Waals surface area contributed by atoms with E-state index in [0.717, 1.165) is 16.0 Å². The molecule has 0 saturated heterocycles. The molecule has 94 valence electrons. The van der Waals surface area contributed by atoms with Gasteiger partial charge in [-0.15, -0.1) is 11.3 Å². The van der Waals surface area contributed by atoms with Crippen LogP contribution in [0.4, 0.5) is 0 Å². The summed E-state index contributed by atoms with van der Waals surface area (Å²) < 4.78 is 6.14. The van der Waals surface area contributed by atoms with E-state index in [9.17, 15) is 9.59 Å². The smallest absolute Gasteiger partial charge is 0.349 e. The summed E-state index contributed by atoms with van der Waals surface area (Å²) in [5.41, 5.74) is 0. The molecule has 1 amide bonds. The predicted molar refractivity (Wildman–Crippen MR) is 68.3 cm³/mol. The summed E-state index contributed by atoms with van der Waals surface area (Å²) in [5, 5.41) is 12.2. The van der Waals surface area contributed by atoms with Gasteiger partial charge in [0.2, 0.25) is 0 Å². The number of carbonyl (C=O) groups is 2. The number of hydrogen-bond acceptors (Lipinski definition) is 4. The summed E-state index contributed by atoms with van der Waals surface area (Å²) in [6.45, 7) is -0.197. The lowest BCUT2D eigenvalue weighted by atomic mass is 10.2. The van der Waals surface area contributed by atoms with E-state index in [-0.39, 0.29) is 23.1 Å². The van der Waals surface area contributed by atoms with Crippen LogP contribution in [0.25, 0.3) is 10.1 Å². The van der Waals surface area contributed by atoms with Crippen LogP contribution >= 0.6 is 11.3 Å². The van der Waals surface area contributed by atoms with Gasteiger partial charge in [0.1, 0.15) is 0 Å². The Morgan fingerprint density at radius 2 is 2.11 bits per heavy atom. The third-order valence-electron chi connectivity index (χ3n) is 2.37. The molecule has 2 aromatic rings. The molecule has 0 bridgehead atoms. The van der Waals surface area contributed by atoms with Gasteiger partial charge >= 0.3 is 5.97 Å². The maximum absolute atomic E-state index is 11.1. The van der Waals surface area contributed by atoms with Crippen molar-refractivity contribution in [3.63, 3.8) is 0 Å². The number of ether oxygens (including phenoxy) is 1. The zero-order valence-electron chi connectivity index (χ0n) is 9.60. The molecule has 0 aliphatic heterocycles. The molecule has 0 fully saturated rings. The van der Waals surface area contributed by atoms with Crippen molar-refractivity contribution in [3.8, 4) is 5.75 Å². The summed E-state index contributed by atoms with van der Waals surface area (Å²) in [6.07, 6.45) is 0. The summed E-state index contributed by atoms with van der Waals surface area (Å²) >= 11 is 1.14. The number of benzene rings is 1. The van der Waals surface area contributed by atoms with Gasteiger partial charge in [-0.25, -0.2) is 4.79 Å². The fourth-order valence-electron chi connectivity index (χ4n) is 1.52. The van der Waals surface area contributed by atoms with Gasteiger partial charge in [0.25, 0.3) is 5.91 Å². The standard InChI is InChI=1S/C12H11NO4S/c1-13-9(14)6-17-10-7-4-2-3-5-8(7)18-11(10)12(15)16/h2-5H,6H2,1H3,(H,13,14)(H,15,16).